The third-order valence-electron chi connectivity index (χ3n) is 3.01. The summed E-state index contributed by atoms with van der Waals surface area (Å²) in [6.07, 6.45) is 8.51. The number of rotatable bonds is 6. The lowest BCUT2D eigenvalue weighted by Crippen LogP contribution is -1.92. The van der Waals surface area contributed by atoms with Crippen molar-refractivity contribution < 1.29 is 0 Å². The van der Waals surface area contributed by atoms with Crippen LogP contribution in [0.15, 0.2) is 24.8 Å². The van der Waals surface area contributed by atoms with Gasteiger partial charge in [-0.3, -0.25) is 0 Å². The molecule has 0 aliphatic heterocycles. The Morgan fingerprint density at radius 2 is 2.00 bits per heavy atom. The molecule has 0 spiro atoms. The molecule has 0 heterocycles. The first kappa shape index (κ1) is 12.0. The summed E-state index contributed by atoms with van der Waals surface area (Å²) in [5, 5.41) is 0. The van der Waals surface area contributed by atoms with E-state index in [0.717, 1.165) is 0 Å². The van der Waals surface area contributed by atoms with E-state index in [9.17, 15) is 0 Å². The van der Waals surface area contributed by atoms with Crippen molar-refractivity contribution >= 4 is 6.08 Å². The van der Waals surface area contributed by atoms with Gasteiger partial charge in [0, 0.05) is 0 Å². The van der Waals surface area contributed by atoms with Crippen LogP contribution >= 0.6 is 0 Å². The maximum Gasteiger partial charge on any atom is -0.0230 e. The van der Waals surface area contributed by atoms with Crippen LogP contribution in [0.4, 0.5) is 0 Å². The Labute approximate surface area is 94.0 Å². The van der Waals surface area contributed by atoms with Crippen molar-refractivity contribution in [2.75, 3.05) is 0 Å². The van der Waals surface area contributed by atoms with Crippen molar-refractivity contribution in [1.29, 1.82) is 0 Å². The van der Waals surface area contributed by atoms with Crippen LogP contribution in [0.5, 0.6) is 0 Å². The molecule has 1 aromatic rings. The van der Waals surface area contributed by atoms with E-state index in [1.807, 2.05) is 6.08 Å². The van der Waals surface area contributed by atoms with E-state index in [0.29, 0.717) is 0 Å². The zero-order chi connectivity index (χ0) is 11.1. The average molecular weight is 202 g/mol. The number of unbranched alkanes of at least 4 members (excludes halogenated alkanes) is 3. The SMILES string of the molecule is C=Cc1cccc(CCCCCC)c1C. The molecule has 0 saturated carbocycles. The van der Waals surface area contributed by atoms with E-state index in [1.54, 1.807) is 0 Å². The first-order chi connectivity index (χ1) is 7.29. The second kappa shape index (κ2) is 6.44. The topological polar surface area (TPSA) is 0 Å². The lowest BCUT2D eigenvalue weighted by Gasteiger charge is -2.08. The molecule has 0 heteroatoms. The van der Waals surface area contributed by atoms with Crippen LogP contribution in [0, 0.1) is 6.92 Å². The highest BCUT2D eigenvalue weighted by Gasteiger charge is 2.00. The van der Waals surface area contributed by atoms with Gasteiger partial charge in [0.05, 0.1) is 0 Å². The van der Waals surface area contributed by atoms with Crippen molar-refractivity contribution in [2.45, 2.75) is 46.0 Å². The summed E-state index contributed by atoms with van der Waals surface area (Å²) in [6.45, 7) is 8.30. The van der Waals surface area contributed by atoms with Crippen LogP contribution in [0.3, 0.4) is 0 Å². The van der Waals surface area contributed by atoms with Gasteiger partial charge in [0.25, 0.3) is 0 Å². The van der Waals surface area contributed by atoms with E-state index in [2.05, 4.69) is 38.6 Å². The molecule has 0 fully saturated rings. The Morgan fingerprint density at radius 3 is 2.67 bits per heavy atom. The fourth-order valence-electron chi connectivity index (χ4n) is 1.94. The molecule has 0 bridgehead atoms. The van der Waals surface area contributed by atoms with Crippen molar-refractivity contribution in [2.24, 2.45) is 0 Å². The Hall–Kier alpha value is -1.04. The quantitative estimate of drug-likeness (QED) is 0.583. The van der Waals surface area contributed by atoms with Gasteiger partial charge in [-0.15, -0.1) is 0 Å². The summed E-state index contributed by atoms with van der Waals surface area (Å²) in [5.74, 6) is 0. The van der Waals surface area contributed by atoms with Crippen LogP contribution in [-0.4, -0.2) is 0 Å². The highest BCUT2D eigenvalue weighted by Crippen LogP contribution is 2.17. The summed E-state index contributed by atoms with van der Waals surface area (Å²) in [5.41, 5.74) is 4.18. The van der Waals surface area contributed by atoms with Crippen LogP contribution in [0.1, 0.15) is 49.3 Å². The molecular formula is C15H22. The minimum absolute atomic E-state index is 1.22. The van der Waals surface area contributed by atoms with Crippen LogP contribution in [-0.2, 0) is 6.42 Å². The molecule has 82 valence electrons. The van der Waals surface area contributed by atoms with Gasteiger partial charge in [0.1, 0.15) is 0 Å². The maximum atomic E-state index is 3.84. The first-order valence-corrected chi connectivity index (χ1v) is 6.00. The molecule has 0 amide bonds. The van der Waals surface area contributed by atoms with Crippen LogP contribution in [0.25, 0.3) is 6.08 Å². The molecule has 0 unspecified atom stereocenters. The second-order valence-electron chi connectivity index (χ2n) is 4.15. The van der Waals surface area contributed by atoms with Crippen molar-refractivity contribution in [1.82, 2.24) is 0 Å². The summed E-state index contributed by atoms with van der Waals surface area (Å²) >= 11 is 0. The molecule has 1 rings (SSSR count). The highest BCUT2D eigenvalue weighted by molar-refractivity contribution is 5.53. The van der Waals surface area contributed by atoms with Crippen molar-refractivity contribution in [3.8, 4) is 0 Å². The minimum Gasteiger partial charge on any atom is -0.0985 e. The smallest absolute Gasteiger partial charge is 0.0230 e. The maximum absolute atomic E-state index is 3.84. The highest BCUT2D eigenvalue weighted by atomic mass is 14.1. The Bertz CT molecular complexity index is 310. The third kappa shape index (κ3) is 3.54. The van der Waals surface area contributed by atoms with Gasteiger partial charge in [-0.1, -0.05) is 57.0 Å². The molecule has 0 nitrogen and oxygen atoms in total. The summed E-state index contributed by atoms with van der Waals surface area (Å²) in [6, 6.07) is 6.52. The molecule has 0 radical (unpaired) electrons. The fraction of sp³-hybridized carbons (Fsp3) is 0.467. The third-order valence-corrected chi connectivity index (χ3v) is 3.01. The standard InChI is InChI=1S/C15H22/c1-4-6-7-8-10-15-12-9-11-14(5-2)13(15)3/h5,9,11-12H,2,4,6-8,10H2,1,3H3. The molecule has 0 N–H and O–H groups in total. The van der Waals surface area contributed by atoms with Gasteiger partial charge < -0.3 is 0 Å². The first-order valence-electron chi connectivity index (χ1n) is 6.00. The fourth-order valence-corrected chi connectivity index (χ4v) is 1.94. The van der Waals surface area contributed by atoms with Gasteiger partial charge in [-0.05, 0) is 36.5 Å². The van der Waals surface area contributed by atoms with Gasteiger partial charge in [0.15, 0.2) is 0 Å². The predicted molar refractivity (Wildman–Crippen MR) is 69.1 cm³/mol. The van der Waals surface area contributed by atoms with Crippen molar-refractivity contribution in [3.63, 3.8) is 0 Å². The summed E-state index contributed by atoms with van der Waals surface area (Å²) in [7, 11) is 0. The molecule has 0 aliphatic carbocycles. The zero-order valence-corrected chi connectivity index (χ0v) is 10.1. The molecule has 0 aromatic heterocycles. The van der Waals surface area contributed by atoms with Crippen LogP contribution < -0.4 is 0 Å². The Kier molecular flexibility index (Phi) is 5.17. The molecule has 0 saturated heterocycles. The van der Waals surface area contributed by atoms with E-state index >= 15 is 0 Å². The normalized spacial score (nSPS) is 10.3. The number of benzene rings is 1. The van der Waals surface area contributed by atoms with Gasteiger partial charge in [-0.25, -0.2) is 0 Å². The van der Waals surface area contributed by atoms with E-state index in [1.165, 1.54) is 48.8 Å². The minimum atomic E-state index is 1.22. The molecule has 1 aromatic carbocycles. The molecule has 15 heavy (non-hydrogen) atoms. The van der Waals surface area contributed by atoms with Gasteiger partial charge in [0.2, 0.25) is 0 Å². The Balaban J connectivity index is 2.57. The van der Waals surface area contributed by atoms with E-state index < -0.39 is 0 Å². The van der Waals surface area contributed by atoms with E-state index in [4.69, 9.17) is 0 Å². The summed E-state index contributed by atoms with van der Waals surface area (Å²) < 4.78 is 0. The van der Waals surface area contributed by atoms with Gasteiger partial charge in [-0.2, -0.15) is 0 Å². The molecule has 0 atom stereocenters. The van der Waals surface area contributed by atoms with Crippen LogP contribution in [0.2, 0.25) is 0 Å². The average Bonchev–Trinajstić information content (AvgIpc) is 2.26. The lowest BCUT2D eigenvalue weighted by atomic mass is 9.98. The molecule has 0 aliphatic rings. The lowest BCUT2D eigenvalue weighted by molar-refractivity contribution is 0.665. The zero-order valence-electron chi connectivity index (χ0n) is 10.1. The second-order valence-corrected chi connectivity index (χ2v) is 4.15. The largest absolute Gasteiger partial charge is 0.0985 e. The number of aryl methyl sites for hydroxylation is 1. The van der Waals surface area contributed by atoms with Gasteiger partial charge >= 0.3 is 0 Å². The summed E-state index contributed by atoms with van der Waals surface area (Å²) in [4.78, 5) is 0. The predicted octanol–water partition coefficient (Wildman–Crippen LogP) is 4.76. The molecular weight excluding hydrogens is 180 g/mol. The number of hydrogen-bond donors (Lipinski definition) is 0. The Morgan fingerprint density at radius 1 is 1.20 bits per heavy atom. The van der Waals surface area contributed by atoms with Crippen molar-refractivity contribution in [3.05, 3.63) is 41.5 Å². The van der Waals surface area contributed by atoms with E-state index in [-0.39, 0.29) is 0 Å². The monoisotopic (exact) mass is 202 g/mol. The number of hydrogen-bond acceptors (Lipinski definition) is 0.